The SMILES string of the molecule is O=C(NC(c1ccccc1)c1ccccc1)N1CC=C(NOC(c2ccccc2)c2ccccc2)CC1. The van der Waals surface area contributed by atoms with Crippen LogP contribution in [0.3, 0.4) is 0 Å². The van der Waals surface area contributed by atoms with Crippen LogP contribution in [0.5, 0.6) is 0 Å². The van der Waals surface area contributed by atoms with Gasteiger partial charge in [-0.1, -0.05) is 121 Å². The predicted molar refractivity (Wildman–Crippen MR) is 146 cm³/mol. The number of carbonyl (C=O) groups excluding carboxylic acids is 1. The first-order valence-electron chi connectivity index (χ1n) is 12.6. The van der Waals surface area contributed by atoms with Crippen LogP contribution in [-0.4, -0.2) is 24.0 Å². The molecule has 37 heavy (non-hydrogen) atoms. The van der Waals surface area contributed by atoms with E-state index in [9.17, 15) is 4.79 Å². The van der Waals surface area contributed by atoms with Gasteiger partial charge in [0, 0.05) is 25.2 Å². The maximum absolute atomic E-state index is 13.2. The first-order chi connectivity index (χ1) is 18.3. The van der Waals surface area contributed by atoms with Gasteiger partial charge in [-0.2, -0.15) is 0 Å². The van der Waals surface area contributed by atoms with E-state index in [-0.39, 0.29) is 18.2 Å². The summed E-state index contributed by atoms with van der Waals surface area (Å²) in [6.45, 7) is 1.11. The van der Waals surface area contributed by atoms with E-state index in [4.69, 9.17) is 4.84 Å². The highest BCUT2D eigenvalue weighted by Crippen LogP contribution is 2.26. The van der Waals surface area contributed by atoms with Gasteiger partial charge in [0.1, 0.15) is 6.10 Å². The molecule has 0 bridgehead atoms. The highest BCUT2D eigenvalue weighted by molar-refractivity contribution is 5.75. The Balaban J connectivity index is 1.23. The minimum atomic E-state index is -0.234. The smallest absolute Gasteiger partial charge is 0.318 e. The number of urea groups is 1. The van der Waals surface area contributed by atoms with Gasteiger partial charge in [0.05, 0.1) is 6.04 Å². The lowest BCUT2D eigenvalue weighted by atomic mass is 9.99. The van der Waals surface area contributed by atoms with Gasteiger partial charge in [0.2, 0.25) is 0 Å². The van der Waals surface area contributed by atoms with Crippen molar-refractivity contribution in [2.45, 2.75) is 18.6 Å². The molecule has 0 atom stereocenters. The number of rotatable bonds is 8. The maximum atomic E-state index is 13.2. The molecule has 5 heteroatoms. The number of nitrogens with zero attached hydrogens (tertiary/aromatic N) is 1. The lowest BCUT2D eigenvalue weighted by Crippen LogP contribution is -2.44. The fraction of sp³-hybridized carbons (Fsp3) is 0.156. The largest absolute Gasteiger partial charge is 0.327 e. The number of amides is 2. The van der Waals surface area contributed by atoms with Gasteiger partial charge in [-0.3, -0.25) is 10.3 Å². The molecule has 0 fully saturated rings. The van der Waals surface area contributed by atoms with Crippen molar-refractivity contribution in [3.8, 4) is 0 Å². The van der Waals surface area contributed by atoms with Gasteiger partial charge in [-0.05, 0) is 28.3 Å². The summed E-state index contributed by atoms with van der Waals surface area (Å²) in [4.78, 5) is 21.3. The van der Waals surface area contributed by atoms with Crippen LogP contribution in [0.4, 0.5) is 4.79 Å². The number of benzene rings is 4. The summed E-state index contributed by atoms with van der Waals surface area (Å²) >= 11 is 0. The monoisotopic (exact) mass is 489 g/mol. The van der Waals surface area contributed by atoms with Gasteiger partial charge in [0.15, 0.2) is 0 Å². The molecule has 1 heterocycles. The molecule has 5 nitrogen and oxygen atoms in total. The van der Waals surface area contributed by atoms with Gasteiger partial charge in [0.25, 0.3) is 0 Å². The lowest BCUT2D eigenvalue weighted by molar-refractivity contribution is 0.0105. The first-order valence-corrected chi connectivity index (χ1v) is 12.6. The van der Waals surface area contributed by atoms with E-state index in [1.54, 1.807) is 0 Å². The molecule has 1 aliphatic heterocycles. The van der Waals surface area contributed by atoms with Gasteiger partial charge >= 0.3 is 6.03 Å². The Hall–Kier alpha value is -4.35. The summed E-state index contributed by atoms with van der Waals surface area (Å²) in [5, 5.41) is 3.23. The molecule has 0 aromatic heterocycles. The number of hydroxylamine groups is 1. The van der Waals surface area contributed by atoms with Gasteiger partial charge in [-0.25, -0.2) is 4.79 Å². The standard InChI is InChI=1S/C32H31N3O2/c36-32(33-30(25-13-5-1-6-14-25)26-15-7-2-8-16-26)35-23-21-29(22-24-35)34-37-31(27-17-9-3-10-18-27)28-19-11-4-12-20-28/h1-21,30-31,34H,22-24H2,(H,33,36). The number of nitrogens with one attached hydrogen (secondary N) is 2. The van der Waals surface area contributed by atoms with Crippen molar-refractivity contribution in [3.63, 3.8) is 0 Å². The van der Waals surface area contributed by atoms with E-state index in [0.29, 0.717) is 19.5 Å². The average molecular weight is 490 g/mol. The highest BCUT2D eigenvalue weighted by atomic mass is 16.7. The zero-order valence-corrected chi connectivity index (χ0v) is 20.7. The molecule has 5 rings (SSSR count). The fourth-order valence-corrected chi connectivity index (χ4v) is 4.53. The highest BCUT2D eigenvalue weighted by Gasteiger charge is 2.23. The molecule has 0 saturated heterocycles. The van der Waals surface area contributed by atoms with Crippen molar-refractivity contribution in [1.82, 2.24) is 15.7 Å². The Kier molecular flexibility index (Phi) is 7.94. The third kappa shape index (κ3) is 6.26. The quantitative estimate of drug-likeness (QED) is 0.282. The normalized spacial score (nSPS) is 13.4. The van der Waals surface area contributed by atoms with Crippen molar-refractivity contribution in [2.24, 2.45) is 0 Å². The Morgan fingerprint density at radius 3 is 1.57 bits per heavy atom. The van der Waals surface area contributed by atoms with Crippen LogP contribution in [0.2, 0.25) is 0 Å². The van der Waals surface area contributed by atoms with E-state index in [1.807, 2.05) is 108 Å². The van der Waals surface area contributed by atoms with E-state index in [2.05, 4.69) is 35.1 Å². The van der Waals surface area contributed by atoms with Crippen molar-refractivity contribution >= 4 is 6.03 Å². The summed E-state index contributed by atoms with van der Waals surface area (Å²) in [6.07, 6.45) is 2.48. The van der Waals surface area contributed by atoms with E-state index < -0.39 is 0 Å². The maximum Gasteiger partial charge on any atom is 0.318 e. The topological polar surface area (TPSA) is 53.6 Å². The molecule has 0 aliphatic carbocycles. The molecular weight excluding hydrogens is 458 g/mol. The molecule has 0 unspecified atom stereocenters. The molecule has 0 radical (unpaired) electrons. The minimum absolute atomic E-state index is 0.0830. The van der Waals surface area contributed by atoms with Crippen LogP contribution in [-0.2, 0) is 4.84 Å². The van der Waals surface area contributed by atoms with Crippen LogP contribution in [0.25, 0.3) is 0 Å². The minimum Gasteiger partial charge on any atom is -0.327 e. The third-order valence-corrected chi connectivity index (χ3v) is 6.54. The molecule has 0 saturated carbocycles. The second-order valence-electron chi connectivity index (χ2n) is 9.05. The predicted octanol–water partition coefficient (Wildman–Crippen LogP) is 6.39. The lowest BCUT2D eigenvalue weighted by Gasteiger charge is -2.30. The van der Waals surface area contributed by atoms with Crippen LogP contribution >= 0.6 is 0 Å². The van der Waals surface area contributed by atoms with Crippen LogP contribution in [0, 0.1) is 0 Å². The molecule has 2 amide bonds. The Morgan fingerprint density at radius 2 is 1.14 bits per heavy atom. The summed E-state index contributed by atoms with van der Waals surface area (Å²) in [7, 11) is 0. The van der Waals surface area contributed by atoms with Gasteiger partial charge in [-0.15, -0.1) is 0 Å². The van der Waals surface area contributed by atoms with Gasteiger partial charge < -0.3 is 10.2 Å². The molecule has 2 N–H and O–H groups in total. The van der Waals surface area contributed by atoms with Crippen LogP contribution < -0.4 is 10.8 Å². The first kappa shape index (κ1) is 24.3. The molecule has 0 spiro atoms. The zero-order chi connectivity index (χ0) is 25.3. The number of hydrogen-bond acceptors (Lipinski definition) is 3. The van der Waals surface area contributed by atoms with E-state index in [1.165, 1.54) is 0 Å². The fourth-order valence-electron chi connectivity index (χ4n) is 4.53. The molecule has 1 aliphatic rings. The van der Waals surface area contributed by atoms with E-state index in [0.717, 1.165) is 28.0 Å². The van der Waals surface area contributed by atoms with Crippen molar-refractivity contribution in [1.29, 1.82) is 0 Å². The number of carbonyl (C=O) groups is 1. The van der Waals surface area contributed by atoms with Crippen LogP contribution in [0.15, 0.2) is 133 Å². The third-order valence-electron chi connectivity index (χ3n) is 6.54. The van der Waals surface area contributed by atoms with Crippen molar-refractivity contribution < 1.29 is 9.63 Å². The summed E-state index contributed by atoms with van der Waals surface area (Å²) in [5.74, 6) is 0. The Bertz CT molecular complexity index is 1220. The molecule has 4 aromatic carbocycles. The zero-order valence-electron chi connectivity index (χ0n) is 20.7. The van der Waals surface area contributed by atoms with Crippen molar-refractivity contribution in [2.75, 3.05) is 13.1 Å². The van der Waals surface area contributed by atoms with Crippen LogP contribution in [0.1, 0.15) is 40.8 Å². The summed E-state index contributed by atoms with van der Waals surface area (Å²) < 4.78 is 0. The Labute approximate surface area is 218 Å². The Morgan fingerprint density at radius 1 is 0.676 bits per heavy atom. The number of hydrogen-bond donors (Lipinski definition) is 2. The molecular formula is C32H31N3O2. The summed E-state index contributed by atoms with van der Waals surface area (Å²) in [6, 6.07) is 40.2. The van der Waals surface area contributed by atoms with E-state index >= 15 is 0 Å². The summed E-state index contributed by atoms with van der Waals surface area (Å²) in [5.41, 5.74) is 8.41. The molecule has 4 aromatic rings. The van der Waals surface area contributed by atoms with Crippen molar-refractivity contribution in [3.05, 3.63) is 155 Å². The second-order valence-corrected chi connectivity index (χ2v) is 9.05. The molecule has 186 valence electrons. The average Bonchev–Trinajstić information content (AvgIpc) is 2.98. The second kappa shape index (κ2) is 12.1.